The molecule has 0 spiro atoms. The number of amides is 1. The average Bonchev–Trinajstić information content (AvgIpc) is 3.07. The molecule has 1 amide bonds. The van der Waals surface area contributed by atoms with Crippen LogP contribution in [0.4, 0.5) is 0 Å². The third kappa shape index (κ3) is 4.70. The lowest BCUT2D eigenvalue weighted by Crippen LogP contribution is -2.33. The fraction of sp³-hybridized carbons (Fsp3) is 0.333. The molecule has 0 saturated heterocycles. The van der Waals surface area contributed by atoms with Crippen molar-refractivity contribution in [3.63, 3.8) is 0 Å². The summed E-state index contributed by atoms with van der Waals surface area (Å²) in [7, 11) is 0. The summed E-state index contributed by atoms with van der Waals surface area (Å²) in [6.07, 6.45) is 0.330. The lowest BCUT2D eigenvalue weighted by Gasteiger charge is -2.20. The molecular weight excluding hydrogens is 326 g/mol. The van der Waals surface area contributed by atoms with E-state index in [0.29, 0.717) is 19.6 Å². The Labute approximate surface area is 153 Å². The molecular formula is C21H25N3O2. The number of aromatic amines is 1. The van der Waals surface area contributed by atoms with Gasteiger partial charge in [0.25, 0.3) is 0 Å². The van der Waals surface area contributed by atoms with Crippen LogP contribution in [0, 0.1) is 5.92 Å². The molecule has 0 bridgehead atoms. The zero-order valence-corrected chi connectivity index (χ0v) is 15.2. The Bertz CT molecular complexity index is 810. The van der Waals surface area contributed by atoms with E-state index in [2.05, 4.69) is 29.1 Å². The molecule has 1 atom stereocenters. The van der Waals surface area contributed by atoms with Gasteiger partial charge in [-0.1, -0.05) is 56.3 Å². The van der Waals surface area contributed by atoms with Crippen LogP contribution in [0.3, 0.4) is 0 Å². The van der Waals surface area contributed by atoms with E-state index in [-0.39, 0.29) is 17.9 Å². The van der Waals surface area contributed by atoms with Crippen LogP contribution in [-0.2, 0) is 16.1 Å². The van der Waals surface area contributed by atoms with Gasteiger partial charge in [0.05, 0.1) is 30.3 Å². The van der Waals surface area contributed by atoms with Crippen molar-refractivity contribution in [2.75, 3.05) is 6.61 Å². The number of hydrogen-bond donors (Lipinski definition) is 2. The van der Waals surface area contributed by atoms with Crippen LogP contribution in [0.15, 0.2) is 54.6 Å². The Morgan fingerprint density at radius 3 is 2.58 bits per heavy atom. The van der Waals surface area contributed by atoms with E-state index >= 15 is 0 Å². The number of hydrogen-bond acceptors (Lipinski definition) is 3. The van der Waals surface area contributed by atoms with Crippen molar-refractivity contribution in [3.8, 4) is 0 Å². The Hall–Kier alpha value is -2.66. The molecule has 26 heavy (non-hydrogen) atoms. The van der Waals surface area contributed by atoms with E-state index in [0.717, 1.165) is 22.4 Å². The normalized spacial score (nSPS) is 12.4. The lowest BCUT2D eigenvalue weighted by molar-refractivity contribution is -0.123. The van der Waals surface area contributed by atoms with E-state index in [1.165, 1.54) is 0 Å². The molecule has 0 fully saturated rings. The van der Waals surface area contributed by atoms with E-state index in [1.54, 1.807) is 0 Å². The summed E-state index contributed by atoms with van der Waals surface area (Å²) in [6, 6.07) is 17.7. The molecule has 3 aromatic rings. The van der Waals surface area contributed by atoms with Gasteiger partial charge >= 0.3 is 0 Å². The van der Waals surface area contributed by atoms with Crippen LogP contribution in [-0.4, -0.2) is 22.5 Å². The van der Waals surface area contributed by atoms with Crippen molar-refractivity contribution in [2.24, 2.45) is 5.92 Å². The predicted molar refractivity (Wildman–Crippen MR) is 103 cm³/mol. The van der Waals surface area contributed by atoms with Crippen molar-refractivity contribution in [1.82, 2.24) is 15.3 Å². The van der Waals surface area contributed by atoms with Crippen LogP contribution in [0.1, 0.15) is 37.7 Å². The molecule has 0 saturated carbocycles. The zero-order valence-electron chi connectivity index (χ0n) is 15.2. The van der Waals surface area contributed by atoms with Gasteiger partial charge in [0.2, 0.25) is 5.91 Å². The Kier molecular flexibility index (Phi) is 6.02. The summed E-state index contributed by atoms with van der Waals surface area (Å²) in [6.45, 7) is 5.06. The second-order valence-electron chi connectivity index (χ2n) is 6.72. The Morgan fingerprint density at radius 2 is 1.85 bits per heavy atom. The molecule has 3 rings (SSSR count). The van der Waals surface area contributed by atoms with Crippen molar-refractivity contribution in [3.05, 3.63) is 66.0 Å². The number of carbonyl (C=O) groups is 1. The highest BCUT2D eigenvalue weighted by Crippen LogP contribution is 2.22. The first-order chi connectivity index (χ1) is 12.6. The maximum Gasteiger partial charge on any atom is 0.222 e. The van der Waals surface area contributed by atoms with Gasteiger partial charge in [0, 0.05) is 6.42 Å². The minimum Gasteiger partial charge on any atom is -0.376 e. The number of rotatable bonds is 8. The molecule has 0 radical (unpaired) electrons. The molecule has 5 heteroatoms. The van der Waals surface area contributed by atoms with Crippen molar-refractivity contribution in [2.45, 2.75) is 32.9 Å². The Balaban J connectivity index is 1.53. The third-order valence-corrected chi connectivity index (χ3v) is 4.27. The quantitative estimate of drug-likeness (QED) is 0.603. The molecule has 0 aliphatic carbocycles. The monoisotopic (exact) mass is 351 g/mol. The number of imidazole rings is 1. The Morgan fingerprint density at radius 1 is 1.12 bits per heavy atom. The third-order valence-electron chi connectivity index (χ3n) is 4.27. The van der Waals surface area contributed by atoms with Crippen LogP contribution >= 0.6 is 0 Å². The summed E-state index contributed by atoms with van der Waals surface area (Å²) in [5, 5.41) is 3.08. The number of H-pyrrole nitrogens is 1. The van der Waals surface area contributed by atoms with Gasteiger partial charge in [-0.2, -0.15) is 0 Å². The van der Waals surface area contributed by atoms with Crippen LogP contribution < -0.4 is 5.32 Å². The lowest BCUT2D eigenvalue weighted by atomic mass is 10.0. The number of fused-ring (bicyclic) bond motifs is 1. The number of para-hydroxylation sites is 2. The molecule has 2 N–H and O–H groups in total. The van der Waals surface area contributed by atoms with Crippen molar-refractivity contribution >= 4 is 16.9 Å². The summed E-state index contributed by atoms with van der Waals surface area (Å²) in [5.74, 6) is 0.988. The van der Waals surface area contributed by atoms with E-state index in [9.17, 15) is 4.79 Å². The topological polar surface area (TPSA) is 67.0 Å². The highest BCUT2D eigenvalue weighted by Gasteiger charge is 2.21. The molecule has 5 nitrogen and oxygen atoms in total. The first-order valence-corrected chi connectivity index (χ1v) is 8.99. The molecule has 1 heterocycles. The molecule has 1 aromatic heterocycles. The largest absolute Gasteiger partial charge is 0.376 e. The zero-order chi connectivity index (χ0) is 18.4. The summed E-state index contributed by atoms with van der Waals surface area (Å²) in [4.78, 5) is 20.3. The van der Waals surface area contributed by atoms with Gasteiger partial charge < -0.3 is 15.0 Å². The minimum absolute atomic E-state index is 0.0304. The minimum atomic E-state index is -0.149. The molecule has 2 aromatic carbocycles. The smallest absolute Gasteiger partial charge is 0.222 e. The van der Waals surface area contributed by atoms with Gasteiger partial charge in [-0.05, 0) is 23.6 Å². The highest BCUT2D eigenvalue weighted by atomic mass is 16.5. The fourth-order valence-electron chi connectivity index (χ4n) is 2.85. The van der Waals surface area contributed by atoms with Gasteiger partial charge in [-0.3, -0.25) is 4.79 Å². The number of benzene rings is 2. The van der Waals surface area contributed by atoms with Gasteiger partial charge in [-0.15, -0.1) is 0 Å². The second kappa shape index (κ2) is 8.63. The predicted octanol–water partition coefficient (Wildman–Crippen LogP) is 3.98. The number of nitrogens with zero attached hydrogens (tertiary/aromatic N) is 1. The van der Waals surface area contributed by atoms with E-state index in [1.807, 2.05) is 54.6 Å². The maximum absolute atomic E-state index is 12.3. The van der Waals surface area contributed by atoms with Crippen molar-refractivity contribution in [1.29, 1.82) is 0 Å². The summed E-state index contributed by atoms with van der Waals surface area (Å²) < 4.78 is 5.60. The average molecular weight is 351 g/mol. The highest BCUT2D eigenvalue weighted by molar-refractivity contribution is 5.77. The number of nitrogens with one attached hydrogen (secondary N) is 2. The fourth-order valence-corrected chi connectivity index (χ4v) is 2.85. The first-order valence-electron chi connectivity index (χ1n) is 8.99. The summed E-state index contributed by atoms with van der Waals surface area (Å²) in [5.41, 5.74) is 3.00. The second-order valence-corrected chi connectivity index (χ2v) is 6.72. The first kappa shape index (κ1) is 18.1. The number of ether oxygens (including phenoxy) is 1. The number of carbonyl (C=O) groups excluding carboxylic acids is 1. The van der Waals surface area contributed by atoms with Crippen LogP contribution in [0.2, 0.25) is 0 Å². The standard InChI is InChI=1S/C21H25N3O2/c1-15(2)20(21-22-17-10-6-7-11-18(17)23-21)24-19(25)12-13-26-14-16-8-4-3-5-9-16/h3-11,15,20H,12-14H2,1-2H3,(H,22,23)(H,24,25). The van der Waals surface area contributed by atoms with E-state index < -0.39 is 0 Å². The SMILES string of the molecule is CC(C)C(NC(=O)CCOCc1ccccc1)c1nc2ccccc2[nH]1. The number of aromatic nitrogens is 2. The van der Waals surface area contributed by atoms with Gasteiger partial charge in [0.1, 0.15) is 5.82 Å². The molecule has 0 aliphatic rings. The van der Waals surface area contributed by atoms with Crippen LogP contribution in [0.5, 0.6) is 0 Å². The van der Waals surface area contributed by atoms with Gasteiger partial charge in [-0.25, -0.2) is 4.98 Å². The summed E-state index contributed by atoms with van der Waals surface area (Å²) >= 11 is 0. The molecule has 1 unspecified atom stereocenters. The van der Waals surface area contributed by atoms with Crippen molar-refractivity contribution < 1.29 is 9.53 Å². The van der Waals surface area contributed by atoms with Gasteiger partial charge in [0.15, 0.2) is 0 Å². The molecule has 0 aliphatic heterocycles. The van der Waals surface area contributed by atoms with Crippen LogP contribution in [0.25, 0.3) is 11.0 Å². The van der Waals surface area contributed by atoms with E-state index in [4.69, 9.17) is 4.74 Å². The molecule has 136 valence electrons. The maximum atomic E-state index is 12.3.